The van der Waals surface area contributed by atoms with E-state index in [1.54, 1.807) is 6.33 Å². The Hall–Kier alpha value is -3.54. The van der Waals surface area contributed by atoms with Crippen LogP contribution in [0.3, 0.4) is 0 Å². The zero-order valence-corrected chi connectivity index (χ0v) is 13.4. The van der Waals surface area contributed by atoms with E-state index in [0.717, 1.165) is 16.6 Å². The van der Waals surface area contributed by atoms with E-state index in [1.165, 1.54) is 4.52 Å². The van der Waals surface area contributed by atoms with Crippen molar-refractivity contribution >= 4 is 27.6 Å². The molecule has 3 aromatic heterocycles. The van der Waals surface area contributed by atoms with Gasteiger partial charge in [0.25, 0.3) is 5.56 Å². The standard InChI is InChI=1S/C19H13N5O/c1-12-16-17(14-9-5-6-10-15(14)21-12)22-19-23(11-20-24(19)18(16)25)13-7-3-2-4-8-13/h2-11H,1H3. The number of aromatic nitrogens is 5. The second-order valence-corrected chi connectivity index (χ2v) is 5.90. The van der Waals surface area contributed by atoms with Crippen molar-refractivity contribution in [3.63, 3.8) is 0 Å². The highest BCUT2D eigenvalue weighted by molar-refractivity contribution is 6.04. The minimum Gasteiger partial charge on any atom is -0.267 e. The number of hydrogen-bond acceptors (Lipinski definition) is 4. The van der Waals surface area contributed by atoms with Crippen molar-refractivity contribution in [2.75, 3.05) is 0 Å². The molecule has 0 saturated heterocycles. The normalized spacial score (nSPS) is 11.6. The van der Waals surface area contributed by atoms with Gasteiger partial charge in [-0.3, -0.25) is 14.3 Å². The molecule has 0 radical (unpaired) electrons. The molecule has 25 heavy (non-hydrogen) atoms. The summed E-state index contributed by atoms with van der Waals surface area (Å²) in [6.45, 7) is 1.83. The summed E-state index contributed by atoms with van der Waals surface area (Å²) < 4.78 is 3.14. The highest BCUT2D eigenvalue weighted by atomic mass is 16.1. The molecule has 0 aliphatic carbocycles. The Morgan fingerprint density at radius 1 is 0.920 bits per heavy atom. The fourth-order valence-electron chi connectivity index (χ4n) is 3.22. The van der Waals surface area contributed by atoms with E-state index < -0.39 is 0 Å². The zero-order chi connectivity index (χ0) is 17.0. The molecule has 0 atom stereocenters. The quantitative estimate of drug-likeness (QED) is 0.444. The highest BCUT2D eigenvalue weighted by Crippen LogP contribution is 2.23. The van der Waals surface area contributed by atoms with Gasteiger partial charge in [0.2, 0.25) is 5.78 Å². The molecule has 5 rings (SSSR count). The van der Waals surface area contributed by atoms with Crippen LogP contribution >= 0.6 is 0 Å². The molecule has 0 N–H and O–H groups in total. The summed E-state index contributed by atoms with van der Waals surface area (Å²) in [4.78, 5) is 22.3. The maximum Gasteiger partial charge on any atom is 0.285 e. The third kappa shape index (κ3) is 1.91. The molecule has 5 aromatic rings. The van der Waals surface area contributed by atoms with E-state index in [0.29, 0.717) is 22.4 Å². The Morgan fingerprint density at radius 3 is 2.52 bits per heavy atom. The van der Waals surface area contributed by atoms with Crippen LogP contribution in [0, 0.1) is 6.92 Å². The van der Waals surface area contributed by atoms with Gasteiger partial charge in [-0.05, 0) is 25.1 Å². The summed E-state index contributed by atoms with van der Waals surface area (Å²) in [6, 6.07) is 17.5. The van der Waals surface area contributed by atoms with Crippen molar-refractivity contribution in [1.29, 1.82) is 0 Å². The molecule has 2 aromatic carbocycles. The summed E-state index contributed by atoms with van der Waals surface area (Å²) in [5, 5.41) is 5.62. The minimum atomic E-state index is -0.203. The second kappa shape index (κ2) is 4.98. The molecule has 0 unspecified atom stereocenters. The second-order valence-electron chi connectivity index (χ2n) is 5.90. The van der Waals surface area contributed by atoms with Crippen molar-refractivity contribution in [3.8, 4) is 5.69 Å². The molecule has 3 heterocycles. The summed E-state index contributed by atoms with van der Waals surface area (Å²) in [5.74, 6) is 0.486. The van der Waals surface area contributed by atoms with Crippen molar-refractivity contribution in [1.82, 2.24) is 24.1 Å². The van der Waals surface area contributed by atoms with Crippen molar-refractivity contribution in [3.05, 3.63) is 77.0 Å². The van der Waals surface area contributed by atoms with Crippen molar-refractivity contribution in [2.24, 2.45) is 0 Å². The molecule has 6 nitrogen and oxygen atoms in total. The molecule has 6 heteroatoms. The number of hydrogen-bond donors (Lipinski definition) is 0. The van der Waals surface area contributed by atoms with Gasteiger partial charge in [0.05, 0.1) is 27.8 Å². The first kappa shape index (κ1) is 13.9. The van der Waals surface area contributed by atoms with E-state index in [2.05, 4.69) is 10.1 Å². The van der Waals surface area contributed by atoms with Gasteiger partial charge in [0.1, 0.15) is 6.33 Å². The fourth-order valence-corrected chi connectivity index (χ4v) is 3.22. The first-order valence-corrected chi connectivity index (χ1v) is 7.95. The molecule has 0 spiro atoms. The lowest BCUT2D eigenvalue weighted by Crippen LogP contribution is -2.18. The monoisotopic (exact) mass is 327 g/mol. The van der Waals surface area contributed by atoms with Gasteiger partial charge in [0.15, 0.2) is 0 Å². The van der Waals surface area contributed by atoms with Crippen LogP contribution in [0.4, 0.5) is 0 Å². The topological polar surface area (TPSA) is 65.1 Å². The molecule has 0 amide bonds. The molecule has 0 fully saturated rings. The first-order valence-electron chi connectivity index (χ1n) is 7.95. The van der Waals surface area contributed by atoms with Gasteiger partial charge in [0, 0.05) is 5.39 Å². The maximum absolute atomic E-state index is 13.0. The van der Waals surface area contributed by atoms with Crippen LogP contribution in [0.25, 0.3) is 33.3 Å². The summed E-state index contributed by atoms with van der Waals surface area (Å²) >= 11 is 0. The third-order valence-electron chi connectivity index (χ3n) is 4.39. The Bertz CT molecular complexity index is 1320. The van der Waals surface area contributed by atoms with E-state index >= 15 is 0 Å². The van der Waals surface area contributed by atoms with E-state index in [4.69, 9.17) is 4.98 Å². The van der Waals surface area contributed by atoms with E-state index in [9.17, 15) is 4.79 Å². The van der Waals surface area contributed by atoms with Gasteiger partial charge < -0.3 is 0 Å². The summed E-state index contributed by atoms with van der Waals surface area (Å²) in [6.07, 6.45) is 1.61. The fraction of sp³-hybridized carbons (Fsp3) is 0.0526. The Kier molecular flexibility index (Phi) is 2.76. The molecular weight excluding hydrogens is 314 g/mol. The number of fused-ring (bicyclic) bond motifs is 4. The largest absolute Gasteiger partial charge is 0.285 e. The molecule has 0 saturated carbocycles. The predicted octanol–water partition coefficient (Wildman–Crippen LogP) is 2.89. The lowest BCUT2D eigenvalue weighted by Gasteiger charge is -2.07. The van der Waals surface area contributed by atoms with Crippen LogP contribution in [0.1, 0.15) is 5.69 Å². The Morgan fingerprint density at radius 2 is 1.68 bits per heavy atom. The minimum absolute atomic E-state index is 0.203. The van der Waals surface area contributed by atoms with Crippen LogP contribution in [0.2, 0.25) is 0 Å². The Labute approximate surface area is 142 Å². The number of rotatable bonds is 1. The van der Waals surface area contributed by atoms with Gasteiger partial charge >= 0.3 is 0 Å². The summed E-state index contributed by atoms with van der Waals surface area (Å²) in [5.41, 5.74) is 2.85. The SMILES string of the molecule is Cc1nc2ccccc2c2nc3n(-c4ccccc4)cnn3c(=O)c12. The maximum atomic E-state index is 13.0. The van der Waals surface area contributed by atoms with Crippen molar-refractivity contribution < 1.29 is 0 Å². The molecule has 120 valence electrons. The molecule has 0 aliphatic heterocycles. The smallest absolute Gasteiger partial charge is 0.267 e. The van der Waals surface area contributed by atoms with Crippen molar-refractivity contribution in [2.45, 2.75) is 6.92 Å². The van der Waals surface area contributed by atoms with E-state index in [1.807, 2.05) is 66.1 Å². The number of pyridine rings is 1. The number of para-hydroxylation sites is 2. The first-order chi connectivity index (χ1) is 12.2. The molecule has 0 aliphatic rings. The van der Waals surface area contributed by atoms with Gasteiger partial charge in [-0.2, -0.15) is 9.61 Å². The van der Waals surface area contributed by atoms with Crippen LogP contribution < -0.4 is 5.56 Å². The Balaban J connectivity index is 2.00. The molecular formula is C19H13N5O. The lowest BCUT2D eigenvalue weighted by atomic mass is 10.1. The highest BCUT2D eigenvalue weighted by Gasteiger charge is 2.16. The number of benzene rings is 2. The van der Waals surface area contributed by atoms with E-state index in [-0.39, 0.29) is 5.56 Å². The number of aryl methyl sites for hydroxylation is 1. The number of nitrogens with zero attached hydrogens (tertiary/aromatic N) is 5. The summed E-state index contributed by atoms with van der Waals surface area (Å²) in [7, 11) is 0. The average molecular weight is 327 g/mol. The predicted molar refractivity (Wildman–Crippen MR) is 96.1 cm³/mol. The molecule has 0 bridgehead atoms. The van der Waals surface area contributed by atoms with Gasteiger partial charge in [-0.1, -0.05) is 36.4 Å². The van der Waals surface area contributed by atoms with Crippen LogP contribution in [0.15, 0.2) is 65.7 Å². The van der Waals surface area contributed by atoms with Crippen LogP contribution in [0.5, 0.6) is 0 Å². The third-order valence-corrected chi connectivity index (χ3v) is 4.39. The lowest BCUT2D eigenvalue weighted by molar-refractivity contribution is 0.913. The van der Waals surface area contributed by atoms with Crippen LogP contribution in [-0.2, 0) is 0 Å². The average Bonchev–Trinajstić information content (AvgIpc) is 3.07. The van der Waals surface area contributed by atoms with Gasteiger partial charge in [-0.25, -0.2) is 4.98 Å². The van der Waals surface area contributed by atoms with Gasteiger partial charge in [-0.15, -0.1) is 0 Å². The zero-order valence-electron chi connectivity index (χ0n) is 13.4. The van der Waals surface area contributed by atoms with Crippen LogP contribution in [-0.4, -0.2) is 24.1 Å².